The second kappa shape index (κ2) is 8.49. The monoisotopic (exact) mass is 361 g/mol. The molecule has 0 heterocycles. The molecule has 0 N–H and O–H groups in total. The summed E-state index contributed by atoms with van der Waals surface area (Å²) in [4.78, 5) is 12.5. The molecule has 4 rings (SSSR count). The lowest BCUT2D eigenvalue weighted by atomic mass is 9.98. The van der Waals surface area contributed by atoms with E-state index in [2.05, 4.69) is 55.0 Å². The maximum atomic E-state index is 12.5. The van der Waals surface area contributed by atoms with Gasteiger partial charge in [0.25, 0.3) is 0 Å². The van der Waals surface area contributed by atoms with Crippen LogP contribution >= 0.6 is 0 Å². The first-order valence-electron chi connectivity index (χ1n) is 9.47. The topological polar surface area (TPSA) is 17.1 Å². The van der Waals surface area contributed by atoms with Crippen molar-refractivity contribution in [2.75, 3.05) is 0 Å². The number of benzene rings is 4. The Balaban J connectivity index is 1.38. The highest BCUT2D eigenvalue weighted by atomic mass is 16.1. The molecule has 0 saturated heterocycles. The Kier molecular flexibility index (Phi) is 5.44. The van der Waals surface area contributed by atoms with Crippen LogP contribution in [-0.2, 0) is 6.42 Å². The van der Waals surface area contributed by atoms with Gasteiger partial charge in [-0.1, -0.05) is 109 Å². The molecule has 0 saturated carbocycles. The van der Waals surface area contributed by atoms with Crippen LogP contribution in [0, 0.1) is 6.42 Å². The smallest absolute Gasteiger partial charge is 0.193 e. The highest BCUT2D eigenvalue weighted by Gasteiger charge is 2.08. The van der Waals surface area contributed by atoms with Crippen LogP contribution < -0.4 is 0 Å². The number of hydrogen-bond acceptors (Lipinski definition) is 1. The van der Waals surface area contributed by atoms with Gasteiger partial charge in [0, 0.05) is 11.1 Å². The van der Waals surface area contributed by atoms with E-state index in [-0.39, 0.29) is 5.78 Å². The molecule has 0 aromatic heterocycles. The lowest BCUT2D eigenvalue weighted by Gasteiger charge is -2.06. The van der Waals surface area contributed by atoms with Crippen LogP contribution in [0.4, 0.5) is 0 Å². The van der Waals surface area contributed by atoms with E-state index in [1.54, 1.807) is 0 Å². The summed E-state index contributed by atoms with van der Waals surface area (Å²) in [6.45, 7) is 0. The zero-order valence-electron chi connectivity index (χ0n) is 15.6. The molecule has 0 bridgehead atoms. The van der Waals surface area contributed by atoms with Crippen LogP contribution in [0.2, 0.25) is 0 Å². The summed E-state index contributed by atoms with van der Waals surface area (Å²) in [7, 11) is 0. The second-order valence-electron chi connectivity index (χ2n) is 6.79. The fraction of sp³-hybridized carbons (Fsp3) is 0.0370. The van der Waals surface area contributed by atoms with Crippen molar-refractivity contribution in [3.8, 4) is 11.1 Å². The molecular formula is C27H21O. The molecule has 0 unspecified atom stereocenters. The van der Waals surface area contributed by atoms with Crippen molar-refractivity contribution in [2.24, 2.45) is 0 Å². The third-order valence-electron chi connectivity index (χ3n) is 4.84. The Labute approximate surface area is 166 Å². The van der Waals surface area contributed by atoms with Crippen molar-refractivity contribution in [3.63, 3.8) is 0 Å². The first-order valence-corrected chi connectivity index (χ1v) is 9.47. The van der Waals surface area contributed by atoms with E-state index in [1.807, 2.05) is 60.7 Å². The van der Waals surface area contributed by atoms with Crippen LogP contribution in [-0.4, -0.2) is 5.78 Å². The van der Waals surface area contributed by atoms with Gasteiger partial charge < -0.3 is 0 Å². The summed E-state index contributed by atoms with van der Waals surface area (Å²) in [5, 5.41) is 0. The van der Waals surface area contributed by atoms with Gasteiger partial charge in [0.2, 0.25) is 0 Å². The standard InChI is InChI=1S/C27H21O/c28-27(25-9-5-2-6-10-25)26-19-15-22(16-20-26)12-11-21-13-17-24(18-14-21)23-7-3-1-4-8-23/h1-11,13-20H,12H2. The van der Waals surface area contributed by atoms with E-state index >= 15 is 0 Å². The van der Waals surface area contributed by atoms with E-state index in [9.17, 15) is 4.79 Å². The summed E-state index contributed by atoms with van der Waals surface area (Å²) in [6.07, 6.45) is 3.05. The van der Waals surface area contributed by atoms with Crippen LogP contribution in [0.3, 0.4) is 0 Å². The lowest BCUT2D eigenvalue weighted by Crippen LogP contribution is -2.01. The Bertz CT molecular complexity index is 1030. The molecule has 1 radical (unpaired) electrons. The minimum atomic E-state index is 0.0626. The van der Waals surface area contributed by atoms with Gasteiger partial charge in [-0.25, -0.2) is 0 Å². The van der Waals surface area contributed by atoms with Gasteiger partial charge in [-0.3, -0.25) is 4.79 Å². The zero-order valence-corrected chi connectivity index (χ0v) is 15.6. The average Bonchev–Trinajstić information content (AvgIpc) is 2.79. The second-order valence-corrected chi connectivity index (χ2v) is 6.79. The first-order chi connectivity index (χ1) is 13.8. The Morgan fingerprint density at radius 2 is 1.11 bits per heavy atom. The number of carbonyl (C=O) groups excluding carboxylic acids is 1. The van der Waals surface area contributed by atoms with Crippen molar-refractivity contribution >= 4 is 5.78 Å². The van der Waals surface area contributed by atoms with Gasteiger partial charge in [-0.15, -0.1) is 0 Å². The quantitative estimate of drug-likeness (QED) is 0.364. The molecule has 4 aromatic carbocycles. The lowest BCUT2D eigenvalue weighted by molar-refractivity contribution is 0.103. The highest BCUT2D eigenvalue weighted by molar-refractivity contribution is 6.08. The van der Waals surface area contributed by atoms with Crippen molar-refractivity contribution < 1.29 is 4.79 Å². The number of rotatable bonds is 6. The Morgan fingerprint density at radius 1 is 0.571 bits per heavy atom. The molecule has 0 aliphatic carbocycles. The third kappa shape index (κ3) is 4.27. The van der Waals surface area contributed by atoms with Crippen LogP contribution in [0.25, 0.3) is 11.1 Å². The fourth-order valence-electron chi connectivity index (χ4n) is 3.23. The predicted molar refractivity (Wildman–Crippen MR) is 115 cm³/mol. The fourth-order valence-corrected chi connectivity index (χ4v) is 3.23. The molecule has 28 heavy (non-hydrogen) atoms. The predicted octanol–water partition coefficient (Wildman–Crippen LogP) is 6.38. The minimum absolute atomic E-state index is 0.0626. The van der Waals surface area contributed by atoms with Crippen molar-refractivity contribution in [1.82, 2.24) is 0 Å². The summed E-state index contributed by atoms with van der Waals surface area (Å²) in [6, 6.07) is 36.3. The maximum Gasteiger partial charge on any atom is 0.193 e. The van der Waals surface area contributed by atoms with Crippen LogP contribution in [0.5, 0.6) is 0 Å². The van der Waals surface area contributed by atoms with Gasteiger partial charge in [-0.05, 0) is 35.1 Å². The van der Waals surface area contributed by atoms with E-state index in [0.29, 0.717) is 0 Å². The number of ketones is 1. The third-order valence-corrected chi connectivity index (χ3v) is 4.84. The molecule has 135 valence electrons. The van der Waals surface area contributed by atoms with E-state index < -0.39 is 0 Å². The summed E-state index contributed by atoms with van der Waals surface area (Å²) < 4.78 is 0. The molecule has 0 amide bonds. The molecular weight excluding hydrogens is 340 g/mol. The van der Waals surface area contributed by atoms with Crippen LogP contribution in [0.1, 0.15) is 27.0 Å². The molecule has 0 atom stereocenters. The van der Waals surface area contributed by atoms with Gasteiger partial charge in [0.1, 0.15) is 0 Å². The summed E-state index contributed by atoms with van der Waals surface area (Å²) >= 11 is 0. The summed E-state index contributed by atoms with van der Waals surface area (Å²) in [5.74, 6) is 0.0626. The molecule has 0 spiro atoms. The van der Waals surface area contributed by atoms with Crippen LogP contribution in [0.15, 0.2) is 109 Å². The average molecular weight is 361 g/mol. The Hall–Kier alpha value is -3.45. The summed E-state index contributed by atoms with van der Waals surface area (Å²) in [5.41, 5.74) is 6.29. The molecule has 4 aromatic rings. The van der Waals surface area contributed by atoms with Crippen molar-refractivity contribution in [2.45, 2.75) is 6.42 Å². The van der Waals surface area contributed by atoms with Gasteiger partial charge in [0.15, 0.2) is 5.78 Å². The van der Waals surface area contributed by atoms with Gasteiger partial charge >= 0.3 is 0 Å². The molecule has 0 aliphatic rings. The SMILES string of the molecule is O=C(c1ccccc1)c1ccc(C[CH]c2ccc(-c3ccccc3)cc2)cc1. The highest BCUT2D eigenvalue weighted by Crippen LogP contribution is 2.20. The van der Waals surface area contributed by atoms with E-state index in [4.69, 9.17) is 0 Å². The van der Waals surface area contributed by atoms with Crippen molar-refractivity contribution in [3.05, 3.63) is 138 Å². The van der Waals surface area contributed by atoms with Crippen molar-refractivity contribution in [1.29, 1.82) is 0 Å². The molecule has 0 aliphatic heterocycles. The number of hydrogen-bond donors (Lipinski definition) is 0. The molecule has 1 heteroatoms. The first kappa shape index (κ1) is 17.9. The Morgan fingerprint density at radius 3 is 1.75 bits per heavy atom. The number of carbonyl (C=O) groups is 1. The normalized spacial score (nSPS) is 10.6. The minimum Gasteiger partial charge on any atom is -0.289 e. The zero-order chi connectivity index (χ0) is 19.2. The largest absolute Gasteiger partial charge is 0.289 e. The van der Waals surface area contributed by atoms with Gasteiger partial charge in [-0.2, -0.15) is 0 Å². The van der Waals surface area contributed by atoms with E-state index in [1.165, 1.54) is 22.3 Å². The van der Waals surface area contributed by atoms with Gasteiger partial charge in [0.05, 0.1) is 0 Å². The maximum absolute atomic E-state index is 12.5. The molecule has 0 fully saturated rings. The van der Waals surface area contributed by atoms with E-state index in [0.717, 1.165) is 17.5 Å². The molecule has 1 nitrogen and oxygen atoms in total.